The molecule has 0 saturated heterocycles. The highest BCUT2D eigenvalue weighted by atomic mass is 14.3. The van der Waals surface area contributed by atoms with Crippen LogP contribution in [0.2, 0.25) is 0 Å². The van der Waals surface area contributed by atoms with Gasteiger partial charge in [0.25, 0.3) is 0 Å². The Morgan fingerprint density at radius 1 is 0.447 bits per heavy atom. The molecule has 0 spiro atoms. The summed E-state index contributed by atoms with van der Waals surface area (Å²) in [5, 5.41) is 0. The molecule has 0 bridgehead atoms. The molecule has 0 aliphatic heterocycles. The Morgan fingerprint density at radius 3 is 1.24 bits per heavy atom. The first-order valence-electron chi connectivity index (χ1n) is 14.1. The van der Waals surface area contributed by atoms with E-state index in [1.54, 1.807) is 0 Å². The molecule has 0 nitrogen and oxygen atoms in total. The summed E-state index contributed by atoms with van der Waals surface area (Å²) in [5.41, 5.74) is 19.9. The van der Waals surface area contributed by atoms with E-state index in [1.165, 1.54) is 90.7 Å². The van der Waals surface area contributed by atoms with Crippen LogP contribution in [0.25, 0.3) is 34.4 Å². The lowest BCUT2D eigenvalue weighted by molar-refractivity contribution is 0.611. The van der Waals surface area contributed by atoms with Crippen LogP contribution in [-0.2, 0) is 0 Å². The van der Waals surface area contributed by atoms with Crippen LogP contribution in [0.15, 0.2) is 83.9 Å². The molecule has 0 amide bonds. The SMILES string of the molecule is CC1=Cc2c(-c3cccc(C)c3C)cccc2C1CCC1C(C)=Cc2c(-c3cccc(C)c3C)cccc21. The minimum absolute atomic E-state index is 0.495. The van der Waals surface area contributed by atoms with Gasteiger partial charge in [0.2, 0.25) is 0 Å². The molecule has 0 saturated carbocycles. The molecule has 0 heteroatoms. The molecule has 0 N–H and O–H groups in total. The summed E-state index contributed by atoms with van der Waals surface area (Å²) in [7, 11) is 0. The van der Waals surface area contributed by atoms with Crippen LogP contribution in [-0.4, -0.2) is 0 Å². The number of rotatable bonds is 5. The maximum atomic E-state index is 2.46. The maximum Gasteiger partial charge on any atom is 0.00552 e. The third kappa shape index (κ3) is 3.99. The molecular weight excluding hydrogens is 456 g/mol. The number of allylic oxidation sites excluding steroid dienone is 2. The van der Waals surface area contributed by atoms with Crippen molar-refractivity contribution in [1.82, 2.24) is 0 Å². The molecule has 4 aromatic carbocycles. The second-order valence-electron chi connectivity index (χ2n) is 11.6. The molecule has 4 aromatic rings. The Labute approximate surface area is 228 Å². The standard InChI is InChI=1S/C38H38/c1-23-11-7-13-31(27(23)5)35-17-9-15-33-29(25(3)21-37(33)35)19-20-30-26(4)22-38-34(30)16-10-18-36(38)32-14-8-12-24(2)28(32)6/h7-18,21-22,29-30H,19-20H2,1-6H3. The highest BCUT2D eigenvalue weighted by Crippen LogP contribution is 2.48. The van der Waals surface area contributed by atoms with Gasteiger partial charge in [-0.2, -0.15) is 0 Å². The van der Waals surface area contributed by atoms with Crippen LogP contribution in [0.1, 0.15) is 83.0 Å². The summed E-state index contributed by atoms with van der Waals surface area (Å²) in [6, 6.07) is 27.3. The Kier molecular flexibility index (Phi) is 6.23. The minimum atomic E-state index is 0.495. The smallest absolute Gasteiger partial charge is 0.00552 e. The normalized spacial score (nSPS) is 17.7. The van der Waals surface area contributed by atoms with Gasteiger partial charge in [0.1, 0.15) is 0 Å². The number of hydrogen-bond donors (Lipinski definition) is 0. The Balaban J connectivity index is 1.30. The fourth-order valence-corrected chi connectivity index (χ4v) is 6.90. The fourth-order valence-electron chi connectivity index (χ4n) is 6.90. The summed E-state index contributed by atoms with van der Waals surface area (Å²) in [4.78, 5) is 0. The van der Waals surface area contributed by atoms with Crippen LogP contribution < -0.4 is 0 Å². The van der Waals surface area contributed by atoms with Gasteiger partial charge in [-0.15, -0.1) is 0 Å². The number of hydrogen-bond acceptors (Lipinski definition) is 0. The topological polar surface area (TPSA) is 0 Å². The molecule has 0 radical (unpaired) electrons. The van der Waals surface area contributed by atoms with E-state index in [1.807, 2.05) is 0 Å². The molecule has 0 fully saturated rings. The summed E-state index contributed by atoms with van der Waals surface area (Å²) < 4.78 is 0. The first-order valence-corrected chi connectivity index (χ1v) is 14.1. The van der Waals surface area contributed by atoms with E-state index in [2.05, 4.69) is 126 Å². The Bertz CT molecular complexity index is 1500. The largest absolute Gasteiger partial charge is 0.0652 e. The zero-order valence-corrected chi connectivity index (χ0v) is 23.7. The first kappa shape index (κ1) is 24.7. The van der Waals surface area contributed by atoms with Gasteiger partial charge >= 0.3 is 0 Å². The second kappa shape index (κ2) is 9.59. The van der Waals surface area contributed by atoms with Crippen LogP contribution in [0.4, 0.5) is 0 Å². The molecule has 2 unspecified atom stereocenters. The van der Waals surface area contributed by atoms with Crippen molar-refractivity contribution < 1.29 is 0 Å². The monoisotopic (exact) mass is 494 g/mol. The van der Waals surface area contributed by atoms with E-state index >= 15 is 0 Å². The molecule has 190 valence electrons. The molecule has 2 atom stereocenters. The van der Waals surface area contributed by atoms with Crippen molar-refractivity contribution >= 4 is 12.2 Å². The summed E-state index contributed by atoms with van der Waals surface area (Å²) >= 11 is 0. The van der Waals surface area contributed by atoms with Crippen molar-refractivity contribution in [3.8, 4) is 22.3 Å². The number of fused-ring (bicyclic) bond motifs is 2. The summed E-state index contributed by atoms with van der Waals surface area (Å²) in [6.07, 6.45) is 7.27. The minimum Gasteiger partial charge on any atom is -0.0652 e. The summed E-state index contributed by atoms with van der Waals surface area (Å²) in [6.45, 7) is 13.6. The van der Waals surface area contributed by atoms with Gasteiger partial charge in [-0.25, -0.2) is 0 Å². The third-order valence-electron chi connectivity index (χ3n) is 9.41. The van der Waals surface area contributed by atoms with Gasteiger partial charge in [0.05, 0.1) is 0 Å². The van der Waals surface area contributed by atoms with Gasteiger partial charge in [-0.05, 0) is 121 Å². The van der Waals surface area contributed by atoms with E-state index in [-0.39, 0.29) is 0 Å². The Hall–Kier alpha value is -3.64. The zero-order valence-electron chi connectivity index (χ0n) is 23.7. The van der Waals surface area contributed by atoms with Gasteiger partial charge in [-0.3, -0.25) is 0 Å². The quantitative estimate of drug-likeness (QED) is 0.259. The predicted octanol–water partition coefficient (Wildman–Crippen LogP) is 10.7. The highest BCUT2D eigenvalue weighted by Gasteiger charge is 2.29. The first-order chi connectivity index (χ1) is 18.3. The van der Waals surface area contributed by atoms with Crippen molar-refractivity contribution in [3.63, 3.8) is 0 Å². The van der Waals surface area contributed by atoms with Gasteiger partial charge < -0.3 is 0 Å². The van der Waals surface area contributed by atoms with Gasteiger partial charge in [0, 0.05) is 11.8 Å². The van der Waals surface area contributed by atoms with Crippen molar-refractivity contribution in [1.29, 1.82) is 0 Å². The molecule has 2 aliphatic rings. The summed E-state index contributed by atoms with van der Waals surface area (Å²) in [5.74, 6) is 0.989. The van der Waals surface area contributed by atoms with Crippen LogP contribution in [0.5, 0.6) is 0 Å². The molecule has 6 rings (SSSR count). The lowest BCUT2D eigenvalue weighted by Crippen LogP contribution is -2.04. The molecule has 0 aromatic heterocycles. The van der Waals surface area contributed by atoms with E-state index in [9.17, 15) is 0 Å². The van der Waals surface area contributed by atoms with Crippen LogP contribution in [0, 0.1) is 27.7 Å². The molecule has 38 heavy (non-hydrogen) atoms. The van der Waals surface area contributed by atoms with Crippen molar-refractivity contribution in [3.05, 3.63) is 128 Å². The predicted molar refractivity (Wildman–Crippen MR) is 165 cm³/mol. The van der Waals surface area contributed by atoms with Crippen LogP contribution in [0.3, 0.4) is 0 Å². The van der Waals surface area contributed by atoms with Gasteiger partial charge in [-0.1, -0.05) is 96.1 Å². The second-order valence-corrected chi connectivity index (χ2v) is 11.6. The van der Waals surface area contributed by atoms with E-state index in [4.69, 9.17) is 0 Å². The van der Waals surface area contributed by atoms with E-state index in [0.717, 1.165) is 0 Å². The third-order valence-corrected chi connectivity index (χ3v) is 9.41. The lowest BCUT2D eigenvalue weighted by atomic mass is 9.83. The Morgan fingerprint density at radius 2 is 0.816 bits per heavy atom. The average molecular weight is 495 g/mol. The lowest BCUT2D eigenvalue weighted by Gasteiger charge is -2.21. The number of benzene rings is 4. The molecule has 2 aliphatic carbocycles. The highest BCUT2D eigenvalue weighted by molar-refractivity contribution is 5.84. The molecular formula is C38H38. The average Bonchev–Trinajstić information content (AvgIpc) is 3.41. The van der Waals surface area contributed by atoms with E-state index in [0.29, 0.717) is 11.8 Å². The van der Waals surface area contributed by atoms with Crippen molar-refractivity contribution in [2.45, 2.75) is 66.2 Å². The fraction of sp³-hybridized carbons (Fsp3) is 0.263. The van der Waals surface area contributed by atoms with Crippen LogP contribution >= 0.6 is 0 Å². The van der Waals surface area contributed by atoms with Crippen molar-refractivity contribution in [2.75, 3.05) is 0 Å². The van der Waals surface area contributed by atoms with Gasteiger partial charge in [0.15, 0.2) is 0 Å². The van der Waals surface area contributed by atoms with Crippen molar-refractivity contribution in [2.24, 2.45) is 0 Å². The zero-order chi connectivity index (χ0) is 26.6. The molecule has 0 heterocycles. The van der Waals surface area contributed by atoms with E-state index < -0.39 is 0 Å². The maximum absolute atomic E-state index is 2.46. The number of aryl methyl sites for hydroxylation is 2.